The average Bonchev–Trinajstić information content (AvgIpc) is 3.53. The Kier molecular flexibility index (Phi) is 10.5. The molecule has 2 heterocycles. The quantitative estimate of drug-likeness (QED) is 0.162. The summed E-state index contributed by atoms with van der Waals surface area (Å²) < 4.78 is 23.4. The molecule has 5 aliphatic carbocycles. The smallest absolute Gasteiger partial charge is 0.187 e. The maximum Gasteiger partial charge on any atom is 0.187 e. The number of rotatable bonds is 6. The molecule has 13 heteroatoms. The zero-order valence-electron chi connectivity index (χ0n) is 28.9. The number of hydrogen-bond donors (Lipinski definition) is 9. The van der Waals surface area contributed by atoms with Gasteiger partial charge in [0.15, 0.2) is 12.6 Å². The molecule has 0 amide bonds. The van der Waals surface area contributed by atoms with Gasteiger partial charge < -0.3 is 64.9 Å². The van der Waals surface area contributed by atoms with Crippen LogP contribution in [0.4, 0.5) is 0 Å². The summed E-state index contributed by atoms with van der Waals surface area (Å²) in [6, 6.07) is 0. The molecule has 7 rings (SSSR count). The number of aliphatic hydroxyl groups is 9. The summed E-state index contributed by atoms with van der Waals surface area (Å²) in [5.74, 6) is 2.80. The third kappa shape index (κ3) is 6.55. The molecule has 49 heavy (non-hydrogen) atoms. The van der Waals surface area contributed by atoms with E-state index in [1.807, 2.05) is 13.8 Å². The first kappa shape index (κ1) is 36.8. The molecule has 0 bridgehead atoms. The summed E-state index contributed by atoms with van der Waals surface area (Å²) in [5.41, 5.74) is -0.799. The summed E-state index contributed by atoms with van der Waals surface area (Å²) in [6.45, 7) is 4.67. The van der Waals surface area contributed by atoms with Crippen molar-refractivity contribution in [1.29, 1.82) is 0 Å². The Morgan fingerprint density at radius 2 is 1.16 bits per heavy atom. The Labute approximate surface area is 288 Å². The molecule has 0 aromatic heterocycles. The predicted octanol–water partition coefficient (Wildman–Crippen LogP) is -0.359. The highest BCUT2D eigenvalue weighted by atomic mass is 16.7. The maximum absolute atomic E-state index is 11.6. The Morgan fingerprint density at radius 1 is 0.592 bits per heavy atom. The van der Waals surface area contributed by atoms with Crippen LogP contribution in [0.3, 0.4) is 0 Å². The Hall–Kier alpha value is -0.520. The molecule has 0 aromatic carbocycles. The van der Waals surface area contributed by atoms with Crippen LogP contribution in [0.25, 0.3) is 0 Å². The molecule has 7 aliphatic rings. The van der Waals surface area contributed by atoms with Crippen molar-refractivity contribution in [3.05, 3.63) is 0 Å². The predicted molar refractivity (Wildman–Crippen MR) is 171 cm³/mol. The summed E-state index contributed by atoms with van der Waals surface area (Å²) in [5, 5.41) is 96.7. The monoisotopic (exact) mass is 700 g/mol. The van der Waals surface area contributed by atoms with Crippen molar-refractivity contribution in [3.8, 4) is 0 Å². The van der Waals surface area contributed by atoms with Crippen molar-refractivity contribution in [3.63, 3.8) is 0 Å². The minimum absolute atomic E-state index is 0.0212. The van der Waals surface area contributed by atoms with Gasteiger partial charge in [0.25, 0.3) is 0 Å². The van der Waals surface area contributed by atoms with Crippen LogP contribution in [0.5, 0.6) is 0 Å². The molecule has 0 aromatic rings. The van der Waals surface area contributed by atoms with Gasteiger partial charge >= 0.3 is 0 Å². The highest BCUT2D eigenvalue weighted by Gasteiger charge is 2.60. The molecule has 2 aliphatic heterocycles. The van der Waals surface area contributed by atoms with E-state index in [0.717, 1.165) is 38.5 Å². The van der Waals surface area contributed by atoms with Gasteiger partial charge in [0.1, 0.15) is 42.7 Å². The zero-order valence-corrected chi connectivity index (χ0v) is 28.9. The lowest BCUT2D eigenvalue weighted by molar-refractivity contribution is -0.361. The SMILES string of the molecule is CC1OC(OC2C(CO)OC(OC3CCC4C(C3)C(O)CC3C4CCC4C3CC(O)C3C4CCC3C(C)(C)O)C(O)C2O)C(O)C(O)C1O. The van der Waals surface area contributed by atoms with Crippen molar-refractivity contribution < 1.29 is 64.9 Å². The van der Waals surface area contributed by atoms with E-state index in [-0.39, 0.29) is 23.9 Å². The van der Waals surface area contributed by atoms with Crippen molar-refractivity contribution in [2.75, 3.05) is 6.61 Å². The van der Waals surface area contributed by atoms with Crippen LogP contribution in [0, 0.1) is 53.3 Å². The van der Waals surface area contributed by atoms with E-state index in [4.69, 9.17) is 18.9 Å². The minimum Gasteiger partial charge on any atom is -0.394 e. The normalized spacial score (nSPS) is 56.3. The van der Waals surface area contributed by atoms with Crippen molar-refractivity contribution in [2.24, 2.45) is 53.3 Å². The van der Waals surface area contributed by atoms with E-state index in [1.165, 1.54) is 6.92 Å². The number of ether oxygens (including phenoxy) is 4. The van der Waals surface area contributed by atoms with Gasteiger partial charge in [-0.25, -0.2) is 0 Å². The Bertz CT molecular complexity index is 1130. The summed E-state index contributed by atoms with van der Waals surface area (Å²) in [6.07, 6.45) is -7.17. The Morgan fingerprint density at radius 3 is 1.84 bits per heavy atom. The standard InChI is InChI=1S/C36H60O13/c1-14-28(40)29(41)31(43)34(46-14)49-33-26(13-37)48-35(32(44)30(33)42)47-15-4-5-17-16-6-7-18-19-8-9-23(36(2,3)45)27(19)25(39)12-21(18)20(16)11-24(38)22(17)10-15/h14-35,37-45H,4-13H2,1-3H3. The van der Waals surface area contributed by atoms with Crippen LogP contribution in [-0.2, 0) is 18.9 Å². The summed E-state index contributed by atoms with van der Waals surface area (Å²) in [4.78, 5) is 0. The van der Waals surface area contributed by atoms with Crippen molar-refractivity contribution >= 4 is 0 Å². The zero-order chi connectivity index (χ0) is 35.1. The van der Waals surface area contributed by atoms with Crippen LogP contribution < -0.4 is 0 Å². The second-order valence-corrected chi connectivity index (χ2v) is 17.3. The van der Waals surface area contributed by atoms with E-state index < -0.39 is 85.8 Å². The Balaban J connectivity index is 0.971. The van der Waals surface area contributed by atoms with Crippen molar-refractivity contribution in [2.45, 2.75) is 164 Å². The first-order chi connectivity index (χ1) is 23.2. The maximum atomic E-state index is 11.6. The molecule has 7 fully saturated rings. The second-order valence-electron chi connectivity index (χ2n) is 17.3. The summed E-state index contributed by atoms with van der Waals surface area (Å²) in [7, 11) is 0. The highest BCUT2D eigenvalue weighted by molar-refractivity contribution is 5.08. The molecule has 0 radical (unpaired) electrons. The topological polar surface area (TPSA) is 219 Å². The van der Waals surface area contributed by atoms with Crippen LogP contribution >= 0.6 is 0 Å². The van der Waals surface area contributed by atoms with E-state index in [1.54, 1.807) is 0 Å². The molecule has 5 saturated carbocycles. The van der Waals surface area contributed by atoms with Gasteiger partial charge in [0.05, 0.1) is 36.6 Å². The average molecular weight is 701 g/mol. The molecular weight excluding hydrogens is 640 g/mol. The second kappa shape index (κ2) is 14.0. The van der Waals surface area contributed by atoms with Gasteiger partial charge in [-0.1, -0.05) is 0 Å². The fraction of sp³-hybridized carbons (Fsp3) is 1.00. The van der Waals surface area contributed by atoms with Crippen molar-refractivity contribution in [1.82, 2.24) is 0 Å². The third-order valence-electron chi connectivity index (χ3n) is 14.4. The fourth-order valence-electron chi connectivity index (χ4n) is 12.1. The van der Waals surface area contributed by atoms with Gasteiger partial charge in [0.2, 0.25) is 0 Å². The largest absolute Gasteiger partial charge is 0.394 e. The van der Waals surface area contributed by atoms with Crippen LogP contribution in [0.1, 0.15) is 78.6 Å². The first-order valence-corrected chi connectivity index (χ1v) is 18.9. The van der Waals surface area contributed by atoms with Gasteiger partial charge in [-0.2, -0.15) is 0 Å². The molecular formula is C36H60O13. The molecule has 22 atom stereocenters. The van der Waals surface area contributed by atoms with E-state index in [9.17, 15) is 46.0 Å². The molecule has 282 valence electrons. The van der Waals surface area contributed by atoms with Gasteiger partial charge in [-0.05, 0) is 132 Å². The number of fused-ring (bicyclic) bond motifs is 7. The van der Waals surface area contributed by atoms with Gasteiger partial charge in [-0.15, -0.1) is 0 Å². The number of hydrogen-bond acceptors (Lipinski definition) is 13. The first-order valence-electron chi connectivity index (χ1n) is 18.9. The van der Waals surface area contributed by atoms with Crippen LogP contribution in [-0.4, -0.2) is 138 Å². The highest BCUT2D eigenvalue weighted by Crippen LogP contribution is 2.63. The van der Waals surface area contributed by atoms with Crippen LogP contribution in [0.15, 0.2) is 0 Å². The molecule has 2 saturated heterocycles. The molecule has 13 nitrogen and oxygen atoms in total. The lowest BCUT2D eigenvalue weighted by Crippen LogP contribution is -2.64. The van der Waals surface area contributed by atoms with E-state index in [0.29, 0.717) is 54.8 Å². The lowest BCUT2D eigenvalue weighted by atomic mass is 9.48. The molecule has 9 N–H and O–H groups in total. The lowest BCUT2D eigenvalue weighted by Gasteiger charge is -2.59. The van der Waals surface area contributed by atoms with E-state index in [2.05, 4.69) is 0 Å². The van der Waals surface area contributed by atoms with Crippen LogP contribution in [0.2, 0.25) is 0 Å². The van der Waals surface area contributed by atoms with E-state index >= 15 is 0 Å². The third-order valence-corrected chi connectivity index (χ3v) is 14.4. The number of aliphatic hydroxyl groups excluding tert-OH is 8. The minimum atomic E-state index is -1.63. The molecule has 0 spiro atoms. The fourth-order valence-corrected chi connectivity index (χ4v) is 12.1. The molecule has 22 unspecified atom stereocenters. The summed E-state index contributed by atoms with van der Waals surface area (Å²) >= 11 is 0. The van der Waals surface area contributed by atoms with Gasteiger partial charge in [-0.3, -0.25) is 0 Å². The van der Waals surface area contributed by atoms with Gasteiger partial charge in [0, 0.05) is 0 Å².